The SMILES string of the molecule is CP1(=O)c2ccccc2-c2cc(-c3cccc(-c4cccc(-c5cccc(-c6nc7c(-c8ccccc8)cc(-c8ccccc8)cn7n6)c5)c4)c3)ccc21. The van der Waals surface area contributed by atoms with Crippen molar-refractivity contribution in [2.75, 3.05) is 6.66 Å². The summed E-state index contributed by atoms with van der Waals surface area (Å²) in [6.45, 7) is 1.89. The van der Waals surface area contributed by atoms with Crippen molar-refractivity contribution in [3.05, 3.63) is 188 Å². The Bertz CT molecular complexity index is 2930. The summed E-state index contributed by atoms with van der Waals surface area (Å²) in [5.41, 5.74) is 15.0. The average Bonchev–Trinajstić information content (AvgIpc) is 3.77. The van der Waals surface area contributed by atoms with Crippen LogP contribution in [0.25, 0.3) is 83.8 Å². The molecule has 7 aromatic carbocycles. The average molecular weight is 712 g/mol. The van der Waals surface area contributed by atoms with Gasteiger partial charge in [0.1, 0.15) is 7.14 Å². The highest BCUT2D eigenvalue weighted by atomic mass is 31.2. The smallest absolute Gasteiger partial charge is 0.182 e. The second kappa shape index (κ2) is 12.8. The zero-order valence-electron chi connectivity index (χ0n) is 29.6. The van der Waals surface area contributed by atoms with Gasteiger partial charge in [-0.15, -0.1) is 5.10 Å². The third kappa shape index (κ3) is 5.51. The lowest BCUT2D eigenvalue weighted by Crippen LogP contribution is -2.07. The highest BCUT2D eigenvalue weighted by molar-refractivity contribution is 7.79. The molecule has 5 heteroatoms. The van der Waals surface area contributed by atoms with Gasteiger partial charge in [0.15, 0.2) is 11.5 Å². The number of nitrogens with zero attached hydrogens (tertiary/aromatic N) is 3. The van der Waals surface area contributed by atoms with Crippen LogP contribution in [0.4, 0.5) is 0 Å². The van der Waals surface area contributed by atoms with Crippen LogP contribution < -0.4 is 10.6 Å². The van der Waals surface area contributed by atoms with Crippen molar-refractivity contribution in [2.24, 2.45) is 0 Å². The monoisotopic (exact) mass is 711 g/mol. The van der Waals surface area contributed by atoms with Gasteiger partial charge in [0.25, 0.3) is 0 Å². The van der Waals surface area contributed by atoms with Gasteiger partial charge < -0.3 is 4.57 Å². The first-order chi connectivity index (χ1) is 26.5. The van der Waals surface area contributed by atoms with Crippen molar-refractivity contribution < 1.29 is 4.57 Å². The fraction of sp³-hybridized carbons (Fsp3) is 0.0204. The molecule has 1 atom stereocenters. The summed E-state index contributed by atoms with van der Waals surface area (Å²) in [7, 11) is -2.60. The van der Waals surface area contributed by atoms with Gasteiger partial charge in [-0.1, -0.05) is 146 Å². The van der Waals surface area contributed by atoms with Crippen molar-refractivity contribution in [1.29, 1.82) is 0 Å². The number of benzene rings is 7. The summed E-state index contributed by atoms with van der Waals surface area (Å²) in [6.07, 6.45) is 2.07. The van der Waals surface area contributed by atoms with Gasteiger partial charge in [-0.05, 0) is 98.7 Å². The maximum atomic E-state index is 13.8. The molecule has 1 unspecified atom stereocenters. The molecular formula is C49H34N3OP. The fourth-order valence-electron chi connectivity index (χ4n) is 7.83. The number of aromatic nitrogens is 3. The molecule has 2 aromatic heterocycles. The molecule has 0 amide bonds. The Hall–Kier alpha value is -6.61. The molecule has 0 N–H and O–H groups in total. The lowest BCUT2D eigenvalue weighted by molar-refractivity contribution is 0.591. The molecule has 9 aromatic rings. The molecular weight excluding hydrogens is 678 g/mol. The summed E-state index contributed by atoms with van der Waals surface area (Å²) in [5.74, 6) is 0.680. The molecule has 3 heterocycles. The highest BCUT2D eigenvalue weighted by Gasteiger charge is 2.34. The quantitative estimate of drug-likeness (QED) is 0.161. The van der Waals surface area contributed by atoms with E-state index in [4.69, 9.17) is 10.1 Å². The van der Waals surface area contributed by atoms with Crippen LogP contribution in [0.1, 0.15) is 0 Å². The van der Waals surface area contributed by atoms with E-state index in [1.807, 2.05) is 41.5 Å². The molecule has 0 saturated carbocycles. The first-order valence-electron chi connectivity index (χ1n) is 18.1. The van der Waals surface area contributed by atoms with Gasteiger partial charge in [-0.3, -0.25) is 0 Å². The molecule has 1 aliphatic rings. The topological polar surface area (TPSA) is 47.3 Å². The Balaban J connectivity index is 0.996. The van der Waals surface area contributed by atoms with Gasteiger partial charge in [-0.25, -0.2) is 9.50 Å². The molecule has 10 rings (SSSR count). The lowest BCUT2D eigenvalue weighted by Gasteiger charge is -2.11. The number of pyridine rings is 1. The van der Waals surface area contributed by atoms with Crippen LogP contribution in [0.3, 0.4) is 0 Å². The van der Waals surface area contributed by atoms with Gasteiger partial charge in [0.05, 0.1) is 0 Å². The van der Waals surface area contributed by atoms with Crippen LogP contribution in [0.5, 0.6) is 0 Å². The largest absolute Gasteiger partial charge is 0.314 e. The van der Waals surface area contributed by atoms with E-state index in [0.29, 0.717) is 5.82 Å². The summed E-state index contributed by atoms with van der Waals surface area (Å²) in [5, 5.41) is 6.93. The number of fused-ring (bicyclic) bond motifs is 4. The van der Waals surface area contributed by atoms with Crippen molar-refractivity contribution in [3.8, 4) is 78.1 Å². The predicted octanol–water partition coefficient (Wildman–Crippen LogP) is 11.7. The van der Waals surface area contributed by atoms with Gasteiger partial charge in [0, 0.05) is 33.5 Å². The van der Waals surface area contributed by atoms with E-state index in [1.54, 1.807) is 0 Å². The van der Waals surface area contributed by atoms with Crippen molar-refractivity contribution in [1.82, 2.24) is 14.6 Å². The molecule has 0 radical (unpaired) electrons. The highest BCUT2D eigenvalue weighted by Crippen LogP contribution is 2.50. The first kappa shape index (κ1) is 32.1. The van der Waals surface area contributed by atoms with E-state index < -0.39 is 7.14 Å². The Morgan fingerprint density at radius 1 is 0.407 bits per heavy atom. The van der Waals surface area contributed by atoms with Gasteiger partial charge >= 0.3 is 0 Å². The van der Waals surface area contributed by atoms with Gasteiger partial charge in [0.2, 0.25) is 0 Å². The minimum atomic E-state index is -2.60. The molecule has 1 aliphatic heterocycles. The summed E-state index contributed by atoms with van der Waals surface area (Å²) >= 11 is 0. The maximum Gasteiger partial charge on any atom is 0.182 e. The van der Waals surface area contributed by atoms with Crippen molar-refractivity contribution in [3.63, 3.8) is 0 Å². The predicted molar refractivity (Wildman–Crippen MR) is 224 cm³/mol. The maximum absolute atomic E-state index is 13.8. The van der Waals surface area contributed by atoms with E-state index in [0.717, 1.165) is 88.6 Å². The number of rotatable bonds is 6. The molecule has 0 fully saturated rings. The number of hydrogen-bond acceptors (Lipinski definition) is 3. The molecule has 256 valence electrons. The van der Waals surface area contributed by atoms with Crippen LogP contribution in [0.2, 0.25) is 0 Å². The molecule has 0 saturated heterocycles. The third-order valence-electron chi connectivity index (χ3n) is 10.6. The number of hydrogen-bond donors (Lipinski definition) is 0. The second-order valence-electron chi connectivity index (χ2n) is 14.0. The van der Waals surface area contributed by atoms with E-state index in [2.05, 4.69) is 158 Å². The van der Waals surface area contributed by atoms with Crippen LogP contribution in [-0.4, -0.2) is 21.3 Å². The standard InChI is InChI=1S/C49H34N3OP/c1-54(53)46-24-9-8-23-43(46)45-30-40(25-26-47(45)54)38-20-11-18-36(28-38)35-17-10-19-37(27-35)39-21-12-22-41(29-39)48-50-49-44(34-15-6-3-7-16-34)31-42(32-52(49)51-48)33-13-4-2-5-14-33/h2-32H,1H3. The van der Waals surface area contributed by atoms with Crippen molar-refractivity contribution in [2.45, 2.75) is 0 Å². The minimum absolute atomic E-state index is 0.680. The molecule has 0 bridgehead atoms. The van der Waals surface area contributed by atoms with E-state index in [-0.39, 0.29) is 0 Å². The normalized spacial score (nSPS) is 14.5. The summed E-state index contributed by atoms with van der Waals surface area (Å²) in [6, 6.07) is 63.4. The first-order valence-corrected chi connectivity index (χ1v) is 20.3. The lowest BCUT2D eigenvalue weighted by atomic mass is 9.94. The zero-order chi connectivity index (χ0) is 36.2. The van der Waals surface area contributed by atoms with Gasteiger partial charge in [-0.2, -0.15) is 0 Å². The van der Waals surface area contributed by atoms with E-state index in [9.17, 15) is 4.57 Å². The van der Waals surface area contributed by atoms with Crippen molar-refractivity contribution >= 4 is 23.4 Å². The fourth-order valence-corrected chi connectivity index (χ4v) is 10.1. The van der Waals surface area contributed by atoms with E-state index in [1.165, 1.54) is 0 Å². The Kier molecular flexibility index (Phi) is 7.61. The molecule has 54 heavy (non-hydrogen) atoms. The van der Waals surface area contributed by atoms with Crippen LogP contribution in [-0.2, 0) is 4.57 Å². The molecule has 0 aliphatic carbocycles. The third-order valence-corrected chi connectivity index (χ3v) is 13.2. The van der Waals surface area contributed by atoms with Crippen LogP contribution >= 0.6 is 7.14 Å². The molecule has 0 spiro atoms. The Labute approximate surface area is 314 Å². The Morgan fingerprint density at radius 2 is 0.889 bits per heavy atom. The summed E-state index contributed by atoms with van der Waals surface area (Å²) < 4.78 is 15.7. The van der Waals surface area contributed by atoms with Crippen LogP contribution in [0.15, 0.2) is 188 Å². The zero-order valence-corrected chi connectivity index (χ0v) is 30.5. The second-order valence-corrected chi connectivity index (χ2v) is 16.8. The summed E-state index contributed by atoms with van der Waals surface area (Å²) in [4.78, 5) is 5.11. The minimum Gasteiger partial charge on any atom is -0.314 e. The van der Waals surface area contributed by atoms with Crippen LogP contribution in [0, 0.1) is 0 Å². The Morgan fingerprint density at radius 3 is 1.54 bits per heavy atom. The molecule has 4 nitrogen and oxygen atoms in total. The van der Waals surface area contributed by atoms with E-state index >= 15 is 0 Å².